The normalized spacial score (nSPS) is 25.2. The molecular formula is C29H28BrFN2O3S. The Hall–Kier alpha value is -2.52. The molecule has 1 saturated heterocycles. The first-order chi connectivity index (χ1) is 17.9. The largest absolute Gasteiger partial charge is 0.374 e. The maximum Gasteiger partial charge on any atom is 0.257 e. The molecule has 5 rings (SSSR count). The Bertz CT molecular complexity index is 1290. The second-order valence-corrected chi connectivity index (χ2v) is 11.6. The molecule has 3 aromatic rings. The summed E-state index contributed by atoms with van der Waals surface area (Å²) in [6, 6.07) is 23.9. The molecule has 192 valence electrons. The Morgan fingerprint density at radius 2 is 1.89 bits per heavy atom. The van der Waals surface area contributed by atoms with Crippen molar-refractivity contribution in [1.82, 2.24) is 5.32 Å². The van der Waals surface area contributed by atoms with Gasteiger partial charge in [-0.15, -0.1) is 0 Å². The van der Waals surface area contributed by atoms with Gasteiger partial charge in [0.25, 0.3) is 5.91 Å². The fraction of sp³-hybridized carbons (Fsp3) is 0.310. The fourth-order valence-electron chi connectivity index (χ4n) is 5.01. The van der Waals surface area contributed by atoms with Gasteiger partial charge in [0.05, 0.1) is 25.9 Å². The van der Waals surface area contributed by atoms with E-state index in [0.717, 1.165) is 10.0 Å². The maximum absolute atomic E-state index is 15.4. The minimum Gasteiger partial charge on any atom is -0.374 e. The number of ether oxygens (including phenoxy) is 2. The molecule has 1 N–H and O–H groups in total. The molecule has 2 aliphatic rings. The van der Waals surface area contributed by atoms with Crippen molar-refractivity contribution in [3.8, 4) is 0 Å². The van der Waals surface area contributed by atoms with E-state index >= 15 is 4.39 Å². The first-order valence-corrected chi connectivity index (χ1v) is 13.9. The molecule has 0 aromatic heterocycles. The number of carbonyl (C=O) groups is 1. The highest BCUT2D eigenvalue weighted by atomic mass is 79.9. The summed E-state index contributed by atoms with van der Waals surface area (Å²) in [6.45, 7) is 3.26. The monoisotopic (exact) mass is 582 g/mol. The average Bonchev–Trinajstić information content (AvgIpc) is 2.91. The molecule has 0 aliphatic carbocycles. The van der Waals surface area contributed by atoms with Gasteiger partial charge in [-0.25, -0.2) is 9.38 Å². The Balaban J connectivity index is 1.41. The highest BCUT2D eigenvalue weighted by Gasteiger charge is 2.57. The number of aliphatic imine (C=N–C) groups is 1. The molecule has 2 aliphatic heterocycles. The van der Waals surface area contributed by atoms with Gasteiger partial charge in [-0.2, -0.15) is 0 Å². The summed E-state index contributed by atoms with van der Waals surface area (Å²) in [5.74, 6) is 0.0520. The molecule has 0 saturated carbocycles. The Labute approximate surface area is 229 Å². The number of carbonyl (C=O) groups excluding carboxylic acids is 1. The van der Waals surface area contributed by atoms with Crippen LogP contribution in [0.2, 0.25) is 0 Å². The zero-order valence-electron chi connectivity index (χ0n) is 20.5. The van der Waals surface area contributed by atoms with Gasteiger partial charge in [-0.3, -0.25) is 4.79 Å². The first kappa shape index (κ1) is 26.1. The predicted molar refractivity (Wildman–Crippen MR) is 148 cm³/mol. The number of hydrogen-bond donors (Lipinski definition) is 1. The number of nitrogens with zero attached hydrogens (tertiary/aromatic N) is 1. The quantitative estimate of drug-likeness (QED) is 0.369. The summed E-state index contributed by atoms with van der Waals surface area (Å²) >= 11 is 4.98. The number of rotatable bonds is 6. The number of halogens is 2. The zero-order chi connectivity index (χ0) is 25.9. The number of benzene rings is 3. The molecule has 1 fully saturated rings. The third kappa shape index (κ3) is 5.53. The van der Waals surface area contributed by atoms with E-state index in [-0.39, 0.29) is 24.4 Å². The molecule has 37 heavy (non-hydrogen) atoms. The molecular weight excluding hydrogens is 555 g/mol. The molecule has 1 amide bonds. The van der Waals surface area contributed by atoms with Gasteiger partial charge in [0.2, 0.25) is 0 Å². The number of amides is 1. The van der Waals surface area contributed by atoms with Gasteiger partial charge in [0.1, 0.15) is 11.4 Å². The van der Waals surface area contributed by atoms with E-state index < -0.39 is 11.0 Å². The van der Waals surface area contributed by atoms with Crippen LogP contribution < -0.4 is 5.32 Å². The molecule has 2 heterocycles. The van der Waals surface area contributed by atoms with Crippen molar-refractivity contribution in [3.05, 3.63) is 106 Å². The van der Waals surface area contributed by atoms with Gasteiger partial charge >= 0.3 is 0 Å². The van der Waals surface area contributed by atoms with E-state index in [1.165, 1.54) is 17.8 Å². The average molecular weight is 584 g/mol. The van der Waals surface area contributed by atoms with Crippen LogP contribution in [0.1, 0.15) is 34.8 Å². The van der Waals surface area contributed by atoms with Crippen LogP contribution in [0.5, 0.6) is 0 Å². The van der Waals surface area contributed by atoms with Crippen molar-refractivity contribution in [2.24, 2.45) is 10.4 Å². The molecule has 5 nitrogen and oxygen atoms in total. The highest BCUT2D eigenvalue weighted by molar-refractivity contribution is 9.10. The van der Waals surface area contributed by atoms with Crippen molar-refractivity contribution in [3.63, 3.8) is 0 Å². The number of nitrogens with one attached hydrogen (secondary N) is 1. The highest BCUT2D eigenvalue weighted by Crippen LogP contribution is 2.55. The van der Waals surface area contributed by atoms with Gasteiger partial charge < -0.3 is 14.8 Å². The third-order valence-corrected chi connectivity index (χ3v) is 8.81. The second kappa shape index (κ2) is 11.1. The van der Waals surface area contributed by atoms with E-state index in [0.29, 0.717) is 41.7 Å². The van der Waals surface area contributed by atoms with Crippen molar-refractivity contribution in [2.45, 2.75) is 31.6 Å². The summed E-state index contributed by atoms with van der Waals surface area (Å²) in [7, 11) is 0. The van der Waals surface area contributed by atoms with Crippen LogP contribution in [0.15, 0.2) is 88.3 Å². The SMILES string of the molecule is C[C@]12CSC(NC(=O)c3ccccc3)=N[C@@]1(c1cc(Br)ccc1F)CO[C@@H](COCc1ccccc1)C2. The van der Waals surface area contributed by atoms with Crippen LogP contribution >= 0.6 is 27.7 Å². The summed E-state index contributed by atoms with van der Waals surface area (Å²) in [5.41, 5.74) is 0.671. The molecule has 3 atom stereocenters. The number of thioether (sulfide) groups is 1. The van der Waals surface area contributed by atoms with Crippen LogP contribution in [-0.2, 0) is 21.6 Å². The minimum atomic E-state index is -0.999. The van der Waals surface area contributed by atoms with Crippen molar-refractivity contribution in [2.75, 3.05) is 19.0 Å². The third-order valence-electron chi connectivity index (χ3n) is 7.07. The Kier molecular flexibility index (Phi) is 7.81. The number of hydrogen-bond acceptors (Lipinski definition) is 5. The maximum atomic E-state index is 15.4. The number of amidine groups is 1. The van der Waals surface area contributed by atoms with Crippen LogP contribution in [0, 0.1) is 11.2 Å². The topological polar surface area (TPSA) is 59.9 Å². The molecule has 0 unspecified atom stereocenters. The van der Waals surface area contributed by atoms with Crippen LogP contribution in [0.4, 0.5) is 4.39 Å². The summed E-state index contributed by atoms with van der Waals surface area (Å²) in [5, 5.41) is 3.40. The van der Waals surface area contributed by atoms with Gasteiger partial charge in [-0.05, 0) is 42.3 Å². The van der Waals surface area contributed by atoms with E-state index in [9.17, 15) is 4.79 Å². The zero-order valence-corrected chi connectivity index (χ0v) is 22.9. The van der Waals surface area contributed by atoms with Gasteiger partial charge in [0.15, 0.2) is 5.17 Å². The molecule has 3 aromatic carbocycles. The molecule has 8 heteroatoms. The molecule has 0 radical (unpaired) electrons. The predicted octanol–water partition coefficient (Wildman–Crippen LogP) is 6.33. The summed E-state index contributed by atoms with van der Waals surface area (Å²) in [4.78, 5) is 17.9. The van der Waals surface area contributed by atoms with Gasteiger partial charge in [0, 0.05) is 26.8 Å². The van der Waals surface area contributed by atoms with E-state index in [1.54, 1.807) is 24.3 Å². The standard InChI is InChI=1S/C29H28BrFN2O3S/c1-28-15-23(17-35-16-20-8-4-2-5-9-20)36-18-29(28,24-14-22(30)12-13-25(24)31)33-27(37-19-28)32-26(34)21-10-6-3-7-11-21/h2-14,23H,15-19H2,1H3,(H,32,33,34)/t23-,28+,29-/m1/s1. The lowest BCUT2D eigenvalue weighted by Gasteiger charge is -2.53. The lowest BCUT2D eigenvalue weighted by atomic mass is 9.64. The smallest absolute Gasteiger partial charge is 0.257 e. The van der Waals surface area contributed by atoms with E-state index in [2.05, 4.69) is 28.2 Å². The summed E-state index contributed by atoms with van der Waals surface area (Å²) in [6.07, 6.45) is 0.498. The summed E-state index contributed by atoms with van der Waals surface area (Å²) < 4.78 is 28.4. The van der Waals surface area contributed by atoms with E-state index in [4.69, 9.17) is 14.5 Å². The first-order valence-electron chi connectivity index (χ1n) is 12.2. The lowest BCUT2D eigenvalue weighted by Crippen LogP contribution is -2.58. The van der Waals surface area contributed by atoms with Crippen molar-refractivity contribution < 1.29 is 18.7 Å². The lowest BCUT2D eigenvalue weighted by molar-refractivity contribution is -0.122. The molecule has 0 spiro atoms. The second-order valence-electron chi connectivity index (χ2n) is 9.71. The Morgan fingerprint density at radius 3 is 2.65 bits per heavy atom. The Morgan fingerprint density at radius 1 is 1.16 bits per heavy atom. The minimum absolute atomic E-state index is 0.145. The van der Waals surface area contributed by atoms with Crippen molar-refractivity contribution in [1.29, 1.82) is 0 Å². The van der Waals surface area contributed by atoms with E-state index in [1.807, 2.05) is 48.5 Å². The number of fused-ring (bicyclic) bond motifs is 1. The van der Waals surface area contributed by atoms with Crippen LogP contribution in [0.3, 0.4) is 0 Å². The van der Waals surface area contributed by atoms with Crippen LogP contribution in [-0.4, -0.2) is 36.1 Å². The van der Waals surface area contributed by atoms with Gasteiger partial charge in [-0.1, -0.05) is 83.1 Å². The van der Waals surface area contributed by atoms with Crippen molar-refractivity contribution >= 4 is 38.8 Å². The van der Waals surface area contributed by atoms with Crippen LogP contribution in [0.25, 0.3) is 0 Å². The fourth-order valence-corrected chi connectivity index (χ4v) is 6.57. The molecule has 0 bridgehead atoms.